The third-order valence-electron chi connectivity index (χ3n) is 3.13. The van der Waals surface area contributed by atoms with Crippen molar-refractivity contribution >= 4 is 5.91 Å². The lowest BCUT2D eigenvalue weighted by molar-refractivity contribution is -0.0605. The molecule has 1 aromatic rings. The number of ether oxygens (including phenoxy) is 1. The fraction of sp³-hybridized carbons (Fsp3) is 0.462. The highest BCUT2D eigenvalue weighted by atomic mass is 16.5. The van der Waals surface area contributed by atoms with Gasteiger partial charge in [-0.15, -0.1) is 0 Å². The van der Waals surface area contributed by atoms with Gasteiger partial charge in [-0.1, -0.05) is 0 Å². The zero-order valence-electron chi connectivity index (χ0n) is 10.1. The van der Waals surface area contributed by atoms with Crippen LogP contribution >= 0.6 is 0 Å². The molecule has 0 radical (unpaired) electrons. The fourth-order valence-corrected chi connectivity index (χ4v) is 1.89. The Bertz CT molecular complexity index is 410. The summed E-state index contributed by atoms with van der Waals surface area (Å²) >= 11 is 0. The number of phenolic OH excluding ortho intramolecular Hbond substituents is 1. The summed E-state index contributed by atoms with van der Waals surface area (Å²) in [4.78, 5) is 11.8. The molecule has 5 nitrogen and oxygen atoms in total. The summed E-state index contributed by atoms with van der Waals surface area (Å²) in [5.74, 6) is -0.135. The van der Waals surface area contributed by atoms with Crippen molar-refractivity contribution in [2.24, 2.45) is 0 Å². The van der Waals surface area contributed by atoms with Crippen LogP contribution in [0.15, 0.2) is 24.3 Å². The lowest BCUT2D eigenvalue weighted by atomic mass is 9.94. The van der Waals surface area contributed by atoms with Crippen LogP contribution in [0.1, 0.15) is 23.2 Å². The zero-order chi connectivity index (χ0) is 13.0. The molecule has 1 aliphatic heterocycles. The predicted octanol–water partition coefficient (Wildman–Crippen LogP) is 0.663. The van der Waals surface area contributed by atoms with Crippen LogP contribution < -0.4 is 5.32 Å². The van der Waals surface area contributed by atoms with E-state index in [0.29, 0.717) is 31.6 Å². The number of hydrogen-bond acceptors (Lipinski definition) is 4. The Morgan fingerprint density at radius 1 is 1.28 bits per heavy atom. The number of aromatic hydroxyl groups is 1. The van der Waals surface area contributed by atoms with Gasteiger partial charge in [0.1, 0.15) is 5.75 Å². The number of amides is 1. The van der Waals surface area contributed by atoms with Crippen molar-refractivity contribution in [2.75, 3.05) is 19.8 Å². The molecule has 0 saturated carbocycles. The first-order chi connectivity index (χ1) is 8.59. The van der Waals surface area contributed by atoms with E-state index < -0.39 is 5.60 Å². The summed E-state index contributed by atoms with van der Waals surface area (Å²) < 4.78 is 5.17. The van der Waals surface area contributed by atoms with Crippen molar-refractivity contribution < 1.29 is 19.7 Å². The zero-order valence-corrected chi connectivity index (χ0v) is 10.1. The van der Waals surface area contributed by atoms with Crippen LogP contribution in [0.25, 0.3) is 0 Å². The highest BCUT2D eigenvalue weighted by Crippen LogP contribution is 2.19. The first-order valence-electron chi connectivity index (χ1n) is 5.96. The molecule has 1 saturated heterocycles. The summed E-state index contributed by atoms with van der Waals surface area (Å²) in [6.45, 7) is 1.26. The first kappa shape index (κ1) is 12.9. The van der Waals surface area contributed by atoms with Gasteiger partial charge in [-0.05, 0) is 24.3 Å². The number of phenols is 1. The van der Waals surface area contributed by atoms with E-state index in [9.17, 15) is 9.90 Å². The van der Waals surface area contributed by atoms with Gasteiger partial charge in [0.05, 0.1) is 5.60 Å². The van der Waals surface area contributed by atoms with Gasteiger partial charge in [0, 0.05) is 38.2 Å². The Morgan fingerprint density at radius 3 is 2.50 bits per heavy atom. The fourth-order valence-electron chi connectivity index (χ4n) is 1.89. The van der Waals surface area contributed by atoms with E-state index in [1.54, 1.807) is 12.1 Å². The minimum atomic E-state index is -0.870. The molecule has 2 rings (SSSR count). The molecule has 0 unspecified atom stereocenters. The van der Waals surface area contributed by atoms with Gasteiger partial charge in [-0.2, -0.15) is 0 Å². The molecule has 1 aromatic carbocycles. The van der Waals surface area contributed by atoms with E-state index in [4.69, 9.17) is 9.84 Å². The summed E-state index contributed by atoms with van der Waals surface area (Å²) in [5, 5.41) is 22.0. The molecule has 0 atom stereocenters. The normalized spacial score (nSPS) is 18.3. The molecular formula is C13H17NO4. The van der Waals surface area contributed by atoms with Gasteiger partial charge in [-0.3, -0.25) is 4.79 Å². The second-order valence-corrected chi connectivity index (χ2v) is 4.57. The van der Waals surface area contributed by atoms with Crippen LogP contribution in [0, 0.1) is 0 Å². The average Bonchev–Trinajstić information content (AvgIpc) is 2.38. The maximum absolute atomic E-state index is 11.8. The first-order valence-corrected chi connectivity index (χ1v) is 5.96. The minimum absolute atomic E-state index is 0.120. The molecule has 1 fully saturated rings. The molecule has 0 bridgehead atoms. The smallest absolute Gasteiger partial charge is 0.251 e. The Labute approximate surface area is 105 Å². The number of aliphatic hydroxyl groups is 1. The summed E-state index contributed by atoms with van der Waals surface area (Å²) in [7, 11) is 0. The van der Waals surface area contributed by atoms with Gasteiger partial charge >= 0.3 is 0 Å². The van der Waals surface area contributed by atoms with Gasteiger partial charge in [0.2, 0.25) is 0 Å². The molecule has 0 aliphatic carbocycles. The number of carbonyl (C=O) groups is 1. The maximum Gasteiger partial charge on any atom is 0.251 e. The molecule has 5 heteroatoms. The van der Waals surface area contributed by atoms with E-state index in [2.05, 4.69) is 5.32 Å². The topological polar surface area (TPSA) is 78.8 Å². The Balaban J connectivity index is 1.89. The molecule has 1 amide bonds. The standard InChI is InChI=1S/C13H17NO4/c15-11-3-1-10(2-4-11)12(16)14-9-13(17)5-7-18-8-6-13/h1-4,15,17H,5-9H2,(H,14,16). The number of carbonyl (C=O) groups excluding carboxylic acids is 1. The monoisotopic (exact) mass is 251 g/mol. The van der Waals surface area contributed by atoms with Gasteiger partial charge in [-0.25, -0.2) is 0 Å². The largest absolute Gasteiger partial charge is 0.508 e. The van der Waals surface area contributed by atoms with E-state index in [1.807, 2.05) is 0 Å². The van der Waals surface area contributed by atoms with Crippen LogP contribution in [0.4, 0.5) is 0 Å². The van der Waals surface area contributed by atoms with Crippen LogP contribution in [0.3, 0.4) is 0 Å². The number of nitrogens with one attached hydrogen (secondary N) is 1. The summed E-state index contributed by atoms with van der Waals surface area (Å²) in [6, 6.07) is 5.99. The molecule has 3 N–H and O–H groups in total. The molecular weight excluding hydrogens is 234 g/mol. The predicted molar refractivity (Wildman–Crippen MR) is 65.4 cm³/mol. The molecule has 18 heavy (non-hydrogen) atoms. The Morgan fingerprint density at radius 2 is 1.89 bits per heavy atom. The Hall–Kier alpha value is -1.59. The lowest BCUT2D eigenvalue weighted by Crippen LogP contribution is -2.46. The van der Waals surface area contributed by atoms with Gasteiger partial charge in [0.15, 0.2) is 0 Å². The SMILES string of the molecule is O=C(NCC1(O)CCOCC1)c1ccc(O)cc1. The highest BCUT2D eigenvalue weighted by Gasteiger charge is 2.30. The molecule has 0 spiro atoms. The van der Waals surface area contributed by atoms with E-state index in [1.165, 1.54) is 12.1 Å². The molecule has 1 aliphatic rings. The van der Waals surface area contributed by atoms with Crippen molar-refractivity contribution in [3.63, 3.8) is 0 Å². The quantitative estimate of drug-likeness (QED) is 0.737. The van der Waals surface area contributed by atoms with E-state index >= 15 is 0 Å². The van der Waals surface area contributed by atoms with E-state index in [0.717, 1.165) is 0 Å². The van der Waals surface area contributed by atoms with Crippen LogP contribution in [0.5, 0.6) is 5.75 Å². The van der Waals surface area contributed by atoms with Gasteiger partial charge < -0.3 is 20.3 Å². The van der Waals surface area contributed by atoms with Crippen LogP contribution in [0.2, 0.25) is 0 Å². The van der Waals surface area contributed by atoms with Crippen LogP contribution in [-0.2, 0) is 4.74 Å². The van der Waals surface area contributed by atoms with E-state index in [-0.39, 0.29) is 18.2 Å². The second kappa shape index (κ2) is 5.37. The Kier molecular flexibility index (Phi) is 3.84. The molecule has 98 valence electrons. The summed E-state index contributed by atoms with van der Waals surface area (Å²) in [6.07, 6.45) is 1.06. The lowest BCUT2D eigenvalue weighted by Gasteiger charge is -2.32. The number of rotatable bonds is 3. The number of hydrogen-bond donors (Lipinski definition) is 3. The minimum Gasteiger partial charge on any atom is -0.508 e. The maximum atomic E-state index is 11.8. The third-order valence-corrected chi connectivity index (χ3v) is 3.13. The van der Waals surface area contributed by atoms with Crippen molar-refractivity contribution in [3.8, 4) is 5.75 Å². The van der Waals surface area contributed by atoms with Crippen molar-refractivity contribution in [1.82, 2.24) is 5.32 Å². The van der Waals surface area contributed by atoms with Crippen molar-refractivity contribution in [2.45, 2.75) is 18.4 Å². The van der Waals surface area contributed by atoms with Gasteiger partial charge in [0.25, 0.3) is 5.91 Å². The second-order valence-electron chi connectivity index (χ2n) is 4.57. The average molecular weight is 251 g/mol. The van der Waals surface area contributed by atoms with Crippen LogP contribution in [-0.4, -0.2) is 41.5 Å². The molecule has 0 aromatic heterocycles. The third kappa shape index (κ3) is 3.21. The van der Waals surface area contributed by atoms with Crippen molar-refractivity contribution in [3.05, 3.63) is 29.8 Å². The number of benzene rings is 1. The molecule has 1 heterocycles. The van der Waals surface area contributed by atoms with Crippen molar-refractivity contribution in [1.29, 1.82) is 0 Å². The highest BCUT2D eigenvalue weighted by molar-refractivity contribution is 5.94. The summed E-state index contributed by atoms with van der Waals surface area (Å²) in [5.41, 5.74) is -0.409.